The van der Waals surface area contributed by atoms with Crippen molar-refractivity contribution in [3.63, 3.8) is 0 Å². The number of phenolic OH excluding ortho intramolecular Hbond substituents is 2. The average molecular weight is 695 g/mol. The van der Waals surface area contributed by atoms with Crippen LogP contribution in [0.3, 0.4) is 0 Å². The largest absolute Gasteiger partial charge is 0.507 e. The van der Waals surface area contributed by atoms with Gasteiger partial charge in [0.1, 0.15) is 11.5 Å². The Kier molecular flexibility index (Phi) is 21.7. The van der Waals surface area contributed by atoms with E-state index in [1.807, 2.05) is 12.1 Å². The number of nitrogens with one attached hydrogen (secondary N) is 4. The summed E-state index contributed by atoms with van der Waals surface area (Å²) < 4.78 is 0. The van der Waals surface area contributed by atoms with E-state index in [9.17, 15) is 29.4 Å². The number of phenols is 2. The summed E-state index contributed by atoms with van der Waals surface area (Å²) in [5.41, 5.74) is 11.9. The van der Waals surface area contributed by atoms with Gasteiger partial charge in [-0.25, -0.2) is 0 Å². The lowest BCUT2D eigenvalue weighted by molar-refractivity contribution is -0.122. The zero-order valence-corrected chi connectivity index (χ0v) is 30.5. The molecule has 2 aromatic carbocycles. The lowest BCUT2D eigenvalue weighted by Crippen LogP contribution is -2.41. The summed E-state index contributed by atoms with van der Waals surface area (Å²) in [7, 11) is 0. The van der Waals surface area contributed by atoms with Gasteiger partial charge in [-0.3, -0.25) is 40.9 Å². The molecule has 0 unspecified atom stereocenters. The number of amides is 4. The van der Waals surface area contributed by atoms with Crippen LogP contribution in [0.4, 0.5) is 0 Å². The van der Waals surface area contributed by atoms with Crippen molar-refractivity contribution < 1.29 is 29.4 Å². The second-order valence-electron chi connectivity index (χ2n) is 13.4. The van der Waals surface area contributed by atoms with Crippen molar-refractivity contribution in [3.05, 3.63) is 58.7 Å². The van der Waals surface area contributed by atoms with Gasteiger partial charge in [-0.1, -0.05) is 116 Å². The highest BCUT2D eigenvalue weighted by Gasteiger charge is 2.14. The summed E-state index contributed by atoms with van der Waals surface area (Å²) in [5.74, 6) is -1.80. The minimum absolute atomic E-state index is 0.0861. The fourth-order valence-electron chi connectivity index (χ4n) is 5.86. The minimum atomic E-state index is -0.544. The van der Waals surface area contributed by atoms with Gasteiger partial charge in [-0.2, -0.15) is 0 Å². The van der Waals surface area contributed by atoms with Gasteiger partial charge in [0.15, 0.2) is 0 Å². The number of carbonyl (C=O) groups is 4. The van der Waals surface area contributed by atoms with Gasteiger partial charge in [0.05, 0.1) is 11.1 Å². The van der Waals surface area contributed by atoms with E-state index in [4.69, 9.17) is 0 Å². The molecule has 2 aromatic rings. The molecule has 6 N–H and O–H groups in total. The molecule has 0 radical (unpaired) electrons. The van der Waals surface area contributed by atoms with Crippen molar-refractivity contribution in [2.75, 3.05) is 0 Å². The molecule has 10 nitrogen and oxygen atoms in total. The highest BCUT2D eigenvalue weighted by Crippen LogP contribution is 2.22. The summed E-state index contributed by atoms with van der Waals surface area (Å²) in [6.45, 7) is 4.36. The third kappa shape index (κ3) is 18.1. The molecular formula is C40H62N4O6. The molecule has 10 heteroatoms. The Hall–Kier alpha value is -4.08. The van der Waals surface area contributed by atoms with Crippen molar-refractivity contribution in [1.29, 1.82) is 0 Å². The summed E-state index contributed by atoms with van der Waals surface area (Å²) >= 11 is 0. The molecule has 278 valence electrons. The van der Waals surface area contributed by atoms with Crippen LogP contribution in [0.5, 0.6) is 11.5 Å². The summed E-state index contributed by atoms with van der Waals surface area (Å²) in [6.07, 6.45) is 21.3. The highest BCUT2D eigenvalue weighted by molar-refractivity contribution is 5.98. The predicted octanol–water partition coefficient (Wildman–Crippen LogP) is 8.25. The van der Waals surface area contributed by atoms with Gasteiger partial charge < -0.3 is 10.2 Å². The standard InChI is InChI=1S/C40H62N4O6/c1-3-5-7-13-17-21-31-25-27-33(35(45)29-31)39(49)43-41-37(47)23-19-15-11-9-10-12-16-20-24-38(48)42-44-40(50)34-28-26-32(30-36(34)46)22-18-14-8-6-4-2/h25-30,45-46H,3-24H2,1-2H3,(H,41,47)(H,42,48)(H,43,49)(H,44,50). The predicted molar refractivity (Wildman–Crippen MR) is 199 cm³/mol. The molecule has 0 aliphatic rings. The van der Waals surface area contributed by atoms with E-state index >= 15 is 0 Å². The van der Waals surface area contributed by atoms with Gasteiger partial charge in [0.25, 0.3) is 11.8 Å². The Labute approximate surface area is 299 Å². The maximum Gasteiger partial charge on any atom is 0.273 e. The van der Waals surface area contributed by atoms with Crippen LogP contribution in [0.1, 0.15) is 174 Å². The van der Waals surface area contributed by atoms with E-state index in [0.717, 1.165) is 88.2 Å². The van der Waals surface area contributed by atoms with Gasteiger partial charge in [0, 0.05) is 12.8 Å². The average Bonchev–Trinajstić information content (AvgIpc) is 3.10. The van der Waals surface area contributed by atoms with Crippen molar-refractivity contribution in [2.24, 2.45) is 0 Å². The number of carbonyl (C=O) groups excluding carboxylic acids is 4. The number of aryl methyl sites for hydroxylation is 2. The van der Waals surface area contributed by atoms with E-state index in [-0.39, 0.29) is 34.4 Å². The van der Waals surface area contributed by atoms with Crippen molar-refractivity contribution in [3.8, 4) is 11.5 Å². The topological polar surface area (TPSA) is 157 Å². The van der Waals surface area contributed by atoms with Crippen molar-refractivity contribution >= 4 is 23.6 Å². The molecule has 0 spiro atoms. The van der Waals surface area contributed by atoms with Gasteiger partial charge in [-0.15, -0.1) is 0 Å². The van der Waals surface area contributed by atoms with E-state index < -0.39 is 11.8 Å². The van der Waals surface area contributed by atoms with E-state index in [0.29, 0.717) is 25.7 Å². The number of hydrazine groups is 2. The number of hydrogen-bond donors (Lipinski definition) is 6. The Bertz CT molecular complexity index is 1220. The third-order valence-corrected chi connectivity index (χ3v) is 8.94. The minimum Gasteiger partial charge on any atom is -0.507 e. The molecule has 0 saturated heterocycles. The van der Waals surface area contributed by atoms with Crippen molar-refractivity contribution in [1.82, 2.24) is 21.7 Å². The fraction of sp³-hybridized carbons (Fsp3) is 0.600. The highest BCUT2D eigenvalue weighted by atomic mass is 16.3. The van der Waals surface area contributed by atoms with Crippen LogP contribution in [-0.4, -0.2) is 33.8 Å². The molecule has 0 atom stereocenters. The molecular weight excluding hydrogens is 632 g/mol. The smallest absolute Gasteiger partial charge is 0.273 e. The van der Waals surface area contributed by atoms with E-state index in [1.165, 1.54) is 38.5 Å². The number of benzene rings is 2. The van der Waals surface area contributed by atoms with Crippen LogP contribution in [0.15, 0.2) is 36.4 Å². The second-order valence-corrected chi connectivity index (χ2v) is 13.4. The SMILES string of the molecule is CCCCCCCc1ccc(C(=O)NNC(=O)CCCCCCCCCCC(=O)NNC(=O)c2ccc(CCCCCCC)cc2O)c(O)c1. The van der Waals surface area contributed by atoms with Gasteiger partial charge >= 0.3 is 0 Å². The summed E-state index contributed by atoms with van der Waals surface area (Å²) in [6, 6.07) is 10.1. The number of aromatic hydroxyl groups is 2. The van der Waals surface area contributed by atoms with Crippen LogP contribution in [0, 0.1) is 0 Å². The van der Waals surface area contributed by atoms with E-state index in [1.54, 1.807) is 24.3 Å². The molecule has 0 aliphatic heterocycles. The summed E-state index contributed by atoms with van der Waals surface area (Å²) in [5, 5.41) is 20.6. The lowest BCUT2D eigenvalue weighted by Gasteiger charge is -2.10. The van der Waals surface area contributed by atoms with Gasteiger partial charge in [-0.05, 0) is 73.9 Å². The number of hydrogen-bond acceptors (Lipinski definition) is 6. The zero-order chi connectivity index (χ0) is 36.4. The lowest BCUT2D eigenvalue weighted by atomic mass is 10.0. The van der Waals surface area contributed by atoms with Crippen LogP contribution in [0.2, 0.25) is 0 Å². The maximum atomic E-state index is 12.4. The molecule has 2 rings (SSSR count). The second kappa shape index (κ2) is 25.8. The molecule has 0 aromatic heterocycles. The first-order valence-electron chi connectivity index (χ1n) is 19.1. The van der Waals surface area contributed by atoms with E-state index in [2.05, 4.69) is 35.6 Å². The summed E-state index contributed by atoms with van der Waals surface area (Å²) in [4.78, 5) is 49.2. The number of unbranched alkanes of at least 4 members (excludes halogenated alkanes) is 15. The van der Waals surface area contributed by atoms with Crippen molar-refractivity contribution in [2.45, 2.75) is 155 Å². The Morgan fingerprint density at radius 2 is 0.800 bits per heavy atom. The molecule has 0 fully saturated rings. The first-order chi connectivity index (χ1) is 24.2. The quantitative estimate of drug-likeness (QED) is 0.0454. The maximum absolute atomic E-state index is 12.4. The Balaban J connectivity index is 1.47. The van der Waals surface area contributed by atoms with Crippen LogP contribution in [-0.2, 0) is 22.4 Å². The molecule has 0 saturated carbocycles. The zero-order valence-electron chi connectivity index (χ0n) is 30.5. The molecule has 0 heterocycles. The first-order valence-corrected chi connectivity index (χ1v) is 19.1. The van der Waals surface area contributed by atoms with Crippen LogP contribution in [0.25, 0.3) is 0 Å². The molecule has 50 heavy (non-hydrogen) atoms. The van der Waals surface area contributed by atoms with Crippen LogP contribution < -0.4 is 21.7 Å². The monoisotopic (exact) mass is 694 g/mol. The Morgan fingerprint density at radius 3 is 1.16 bits per heavy atom. The van der Waals surface area contributed by atoms with Gasteiger partial charge in [0.2, 0.25) is 11.8 Å². The fourth-order valence-corrected chi connectivity index (χ4v) is 5.86. The number of rotatable bonds is 25. The normalized spacial score (nSPS) is 10.8. The molecule has 0 aliphatic carbocycles. The van der Waals surface area contributed by atoms with Crippen LogP contribution >= 0.6 is 0 Å². The molecule has 0 bridgehead atoms. The first kappa shape index (κ1) is 42.1. The Morgan fingerprint density at radius 1 is 0.460 bits per heavy atom. The third-order valence-electron chi connectivity index (χ3n) is 8.94. The molecule has 4 amide bonds.